The average Bonchev–Trinajstić information content (AvgIpc) is 2.46. The van der Waals surface area contributed by atoms with Gasteiger partial charge in [0.1, 0.15) is 0 Å². The number of methoxy groups -OCH3 is 1. The molecule has 0 aliphatic rings. The molecule has 4 N–H and O–H groups in total. The second kappa shape index (κ2) is 8.76. The summed E-state index contributed by atoms with van der Waals surface area (Å²) in [6, 6.07) is 5.49. The van der Waals surface area contributed by atoms with Crippen molar-refractivity contribution in [1.29, 1.82) is 0 Å². The molecule has 0 heterocycles. The van der Waals surface area contributed by atoms with E-state index in [1.165, 1.54) is 7.11 Å². The lowest BCUT2D eigenvalue weighted by Gasteiger charge is -2.12. The average molecular weight is 358 g/mol. The van der Waals surface area contributed by atoms with E-state index in [1.807, 2.05) is 19.1 Å². The summed E-state index contributed by atoms with van der Waals surface area (Å²) in [5.74, 6) is -0.554. The summed E-state index contributed by atoms with van der Waals surface area (Å²) in [6.45, 7) is 2.10. The van der Waals surface area contributed by atoms with Gasteiger partial charge < -0.3 is 21.1 Å². The van der Waals surface area contributed by atoms with Gasteiger partial charge in [-0.25, -0.2) is 0 Å². The molecule has 0 bridgehead atoms. The van der Waals surface area contributed by atoms with Gasteiger partial charge >= 0.3 is 0 Å². The first-order chi connectivity index (χ1) is 9.96. The molecule has 0 spiro atoms. The molecule has 1 unspecified atom stereocenters. The van der Waals surface area contributed by atoms with Crippen LogP contribution in [-0.2, 0) is 14.3 Å². The molecular formula is C14H20BrN3O3. The minimum absolute atomic E-state index is 0.0883. The number of carbonyl (C=O) groups excluding carboxylic acids is 2. The normalized spacial score (nSPS) is 11.8. The summed E-state index contributed by atoms with van der Waals surface area (Å²) in [5.41, 5.74) is 7.13. The lowest BCUT2D eigenvalue weighted by Crippen LogP contribution is -2.36. The van der Waals surface area contributed by atoms with Gasteiger partial charge in [-0.2, -0.15) is 0 Å². The van der Waals surface area contributed by atoms with Gasteiger partial charge in [0.05, 0.1) is 19.1 Å². The molecule has 1 rings (SSSR count). The van der Waals surface area contributed by atoms with Gasteiger partial charge in [0.15, 0.2) is 0 Å². The fourth-order valence-electron chi connectivity index (χ4n) is 1.65. The quantitative estimate of drug-likeness (QED) is 0.682. The Labute approximate surface area is 132 Å². The molecule has 0 aliphatic heterocycles. The summed E-state index contributed by atoms with van der Waals surface area (Å²) >= 11 is 3.39. The molecule has 21 heavy (non-hydrogen) atoms. The molecule has 7 heteroatoms. The van der Waals surface area contributed by atoms with Crippen molar-refractivity contribution >= 4 is 33.4 Å². The monoisotopic (exact) mass is 357 g/mol. The Hall–Kier alpha value is -1.44. The van der Waals surface area contributed by atoms with E-state index in [4.69, 9.17) is 10.5 Å². The predicted molar refractivity (Wildman–Crippen MR) is 85.0 cm³/mol. The standard InChI is InChI=1S/C14H20BrN3O3/c1-9-5-10(3-4-12(9)15)18-14(20)8-17-13(19)6-11(7-16)21-2/h3-5,11H,6-8,16H2,1-2H3,(H,17,19)(H,18,20). The lowest BCUT2D eigenvalue weighted by atomic mass is 10.2. The Bertz CT molecular complexity index is 504. The molecule has 6 nitrogen and oxygen atoms in total. The highest BCUT2D eigenvalue weighted by atomic mass is 79.9. The van der Waals surface area contributed by atoms with E-state index in [1.54, 1.807) is 6.07 Å². The van der Waals surface area contributed by atoms with Crippen molar-refractivity contribution < 1.29 is 14.3 Å². The molecule has 0 aromatic heterocycles. The summed E-state index contributed by atoms with van der Waals surface area (Å²) in [4.78, 5) is 23.3. The Morgan fingerprint density at radius 2 is 2.10 bits per heavy atom. The number of amides is 2. The number of hydrogen-bond acceptors (Lipinski definition) is 4. The van der Waals surface area contributed by atoms with Gasteiger partial charge in [0.25, 0.3) is 0 Å². The Balaban J connectivity index is 2.40. The molecule has 1 aromatic rings. The highest BCUT2D eigenvalue weighted by molar-refractivity contribution is 9.10. The van der Waals surface area contributed by atoms with Crippen LogP contribution in [0.25, 0.3) is 0 Å². The molecule has 0 saturated heterocycles. The van der Waals surface area contributed by atoms with Crippen LogP contribution in [0.5, 0.6) is 0 Å². The molecule has 2 amide bonds. The van der Waals surface area contributed by atoms with Crippen molar-refractivity contribution in [3.8, 4) is 0 Å². The van der Waals surface area contributed by atoms with E-state index in [2.05, 4.69) is 26.6 Å². The van der Waals surface area contributed by atoms with Gasteiger partial charge in [-0.15, -0.1) is 0 Å². The number of carbonyl (C=O) groups is 2. The molecule has 0 saturated carbocycles. The van der Waals surface area contributed by atoms with Crippen LogP contribution >= 0.6 is 15.9 Å². The second-order valence-electron chi connectivity index (χ2n) is 4.59. The van der Waals surface area contributed by atoms with Crippen LogP contribution in [0.2, 0.25) is 0 Å². The van der Waals surface area contributed by atoms with E-state index in [9.17, 15) is 9.59 Å². The summed E-state index contributed by atoms with van der Waals surface area (Å²) < 4.78 is 5.98. The van der Waals surface area contributed by atoms with Crippen LogP contribution in [0.15, 0.2) is 22.7 Å². The van der Waals surface area contributed by atoms with Crippen molar-refractivity contribution in [2.75, 3.05) is 25.5 Å². The van der Waals surface area contributed by atoms with E-state index in [0.29, 0.717) is 5.69 Å². The third-order valence-electron chi connectivity index (χ3n) is 2.90. The number of nitrogens with one attached hydrogen (secondary N) is 2. The molecule has 1 atom stereocenters. The fraction of sp³-hybridized carbons (Fsp3) is 0.429. The minimum Gasteiger partial charge on any atom is -0.380 e. The summed E-state index contributed by atoms with van der Waals surface area (Å²) in [5, 5.41) is 5.25. The smallest absolute Gasteiger partial charge is 0.243 e. The third kappa shape index (κ3) is 6.24. The number of ether oxygens (including phenoxy) is 1. The number of rotatable bonds is 7. The van der Waals surface area contributed by atoms with Crippen molar-refractivity contribution in [3.05, 3.63) is 28.2 Å². The Morgan fingerprint density at radius 3 is 2.67 bits per heavy atom. The van der Waals surface area contributed by atoms with E-state index < -0.39 is 0 Å². The van der Waals surface area contributed by atoms with Gasteiger partial charge in [-0.05, 0) is 30.7 Å². The Kier molecular flexibility index (Phi) is 7.35. The number of halogens is 1. The zero-order chi connectivity index (χ0) is 15.8. The SMILES string of the molecule is COC(CN)CC(=O)NCC(=O)Nc1ccc(Br)c(C)c1. The molecule has 0 aliphatic carbocycles. The number of hydrogen-bond donors (Lipinski definition) is 3. The summed E-state index contributed by atoms with van der Waals surface area (Å²) in [7, 11) is 1.49. The van der Waals surface area contributed by atoms with Crippen LogP contribution in [0.3, 0.4) is 0 Å². The van der Waals surface area contributed by atoms with Gasteiger partial charge in [-0.3, -0.25) is 9.59 Å². The highest BCUT2D eigenvalue weighted by Crippen LogP contribution is 2.19. The first-order valence-corrected chi connectivity index (χ1v) is 7.31. The van der Waals surface area contributed by atoms with Crippen molar-refractivity contribution in [1.82, 2.24) is 5.32 Å². The molecule has 0 fully saturated rings. The van der Waals surface area contributed by atoms with Crippen LogP contribution < -0.4 is 16.4 Å². The maximum Gasteiger partial charge on any atom is 0.243 e. The number of nitrogens with two attached hydrogens (primary N) is 1. The minimum atomic E-state index is -0.331. The van der Waals surface area contributed by atoms with Crippen molar-refractivity contribution in [3.63, 3.8) is 0 Å². The van der Waals surface area contributed by atoms with E-state index >= 15 is 0 Å². The van der Waals surface area contributed by atoms with E-state index in [0.717, 1.165) is 10.0 Å². The van der Waals surface area contributed by atoms with Crippen LogP contribution in [0.1, 0.15) is 12.0 Å². The molecule has 116 valence electrons. The highest BCUT2D eigenvalue weighted by Gasteiger charge is 2.12. The maximum atomic E-state index is 11.7. The van der Waals surface area contributed by atoms with Crippen LogP contribution in [-0.4, -0.2) is 38.1 Å². The van der Waals surface area contributed by atoms with E-state index in [-0.39, 0.29) is 37.4 Å². The third-order valence-corrected chi connectivity index (χ3v) is 3.79. The van der Waals surface area contributed by atoms with Crippen LogP contribution in [0, 0.1) is 6.92 Å². The Morgan fingerprint density at radius 1 is 1.38 bits per heavy atom. The number of anilines is 1. The summed E-state index contributed by atoms with van der Waals surface area (Å²) in [6.07, 6.45) is -0.195. The number of benzene rings is 1. The zero-order valence-electron chi connectivity index (χ0n) is 12.1. The van der Waals surface area contributed by atoms with Crippen molar-refractivity contribution in [2.45, 2.75) is 19.4 Å². The van der Waals surface area contributed by atoms with Gasteiger partial charge in [0.2, 0.25) is 11.8 Å². The molecule has 1 aromatic carbocycles. The van der Waals surface area contributed by atoms with Gasteiger partial charge in [0, 0.05) is 23.8 Å². The number of aryl methyl sites for hydroxylation is 1. The van der Waals surface area contributed by atoms with Crippen LogP contribution in [0.4, 0.5) is 5.69 Å². The maximum absolute atomic E-state index is 11.7. The molecular weight excluding hydrogens is 338 g/mol. The predicted octanol–water partition coefficient (Wildman–Crippen LogP) is 1.18. The zero-order valence-corrected chi connectivity index (χ0v) is 13.7. The fourth-order valence-corrected chi connectivity index (χ4v) is 1.89. The molecule has 0 radical (unpaired) electrons. The first-order valence-electron chi connectivity index (χ1n) is 6.51. The lowest BCUT2D eigenvalue weighted by molar-refractivity contribution is -0.125. The van der Waals surface area contributed by atoms with Gasteiger partial charge in [-0.1, -0.05) is 15.9 Å². The topological polar surface area (TPSA) is 93.4 Å². The first kappa shape index (κ1) is 17.6. The second-order valence-corrected chi connectivity index (χ2v) is 5.44. The van der Waals surface area contributed by atoms with Crippen molar-refractivity contribution in [2.24, 2.45) is 5.73 Å². The largest absolute Gasteiger partial charge is 0.380 e.